The number of fused-ring (bicyclic) bond motifs is 3. The highest BCUT2D eigenvalue weighted by Gasteiger charge is 2.40. The zero-order chi connectivity index (χ0) is 25.3. The molecule has 188 valence electrons. The predicted octanol–water partition coefficient (Wildman–Crippen LogP) is 1.21. The molecule has 34 heavy (non-hydrogen) atoms. The molecule has 2 aliphatic rings. The standard InChI is InChI=1S/C24H35N3O6S/c1-24(2,3)13-21(29)25-20-9-6-10-26(4)22(30)16-7-5-8-19(11-16)34(32,33)15-17-12-18(28)14-27(17)23(20)31/h5,7-8,11,17-18,20,28H,6,9-10,12-15H2,1-4H3,(H,25,29)/t17-,18-,20-/m0/s1. The van der Waals surface area contributed by atoms with Crippen LogP contribution in [-0.4, -0.2) is 85.1 Å². The summed E-state index contributed by atoms with van der Waals surface area (Å²) < 4.78 is 26.4. The third-order valence-corrected chi connectivity index (χ3v) is 7.98. The summed E-state index contributed by atoms with van der Waals surface area (Å²) in [5, 5.41) is 13.1. The number of rotatable bonds is 2. The molecule has 9 nitrogen and oxygen atoms in total. The number of hydrogen-bond donors (Lipinski definition) is 2. The minimum absolute atomic E-state index is 0.00706. The molecule has 1 aromatic carbocycles. The van der Waals surface area contributed by atoms with Crippen molar-refractivity contribution in [3.05, 3.63) is 29.8 Å². The van der Waals surface area contributed by atoms with Crippen LogP contribution < -0.4 is 5.32 Å². The maximum atomic E-state index is 13.5. The highest BCUT2D eigenvalue weighted by atomic mass is 32.2. The summed E-state index contributed by atoms with van der Waals surface area (Å²) in [6.07, 6.45) is 0.273. The summed E-state index contributed by atoms with van der Waals surface area (Å²) >= 11 is 0. The largest absolute Gasteiger partial charge is 0.391 e. The number of aliphatic hydroxyl groups excluding tert-OH is 1. The first kappa shape index (κ1) is 26.2. The summed E-state index contributed by atoms with van der Waals surface area (Å²) in [6.45, 7) is 6.13. The first-order chi connectivity index (χ1) is 15.8. The summed E-state index contributed by atoms with van der Waals surface area (Å²) in [5.74, 6) is -1.35. The molecule has 3 rings (SSSR count). The fraction of sp³-hybridized carbons (Fsp3) is 0.625. The molecule has 3 atom stereocenters. The number of nitrogens with one attached hydrogen (secondary N) is 1. The second-order valence-corrected chi connectivity index (χ2v) is 12.6. The van der Waals surface area contributed by atoms with Crippen LogP contribution in [0.15, 0.2) is 29.2 Å². The highest BCUT2D eigenvalue weighted by molar-refractivity contribution is 7.91. The molecule has 1 saturated heterocycles. The van der Waals surface area contributed by atoms with Gasteiger partial charge in [0.05, 0.1) is 16.8 Å². The molecular formula is C24H35N3O6S. The third-order valence-electron chi connectivity index (χ3n) is 6.18. The SMILES string of the molecule is CN1CCC[C@H](NC(=O)CC(C)(C)C)C(=O)N2C[C@@H](O)C[C@H]2CS(=O)(=O)c2cccc(c2)C1=O. The van der Waals surface area contributed by atoms with Crippen molar-refractivity contribution in [3.8, 4) is 0 Å². The van der Waals surface area contributed by atoms with Gasteiger partial charge in [0.1, 0.15) is 6.04 Å². The quantitative estimate of drug-likeness (QED) is 0.638. The molecular weight excluding hydrogens is 458 g/mol. The average Bonchev–Trinajstić information content (AvgIpc) is 3.09. The van der Waals surface area contributed by atoms with Gasteiger partial charge in [0, 0.05) is 38.2 Å². The Morgan fingerprint density at radius 3 is 2.62 bits per heavy atom. The monoisotopic (exact) mass is 493 g/mol. The number of carbonyl (C=O) groups excluding carboxylic acids is 3. The van der Waals surface area contributed by atoms with E-state index in [1.165, 1.54) is 28.0 Å². The number of sulfone groups is 1. The second kappa shape index (κ2) is 10.0. The molecule has 0 saturated carbocycles. The van der Waals surface area contributed by atoms with E-state index in [1.807, 2.05) is 20.8 Å². The van der Waals surface area contributed by atoms with Crippen molar-refractivity contribution < 1.29 is 27.9 Å². The van der Waals surface area contributed by atoms with Crippen LogP contribution in [0.25, 0.3) is 0 Å². The van der Waals surface area contributed by atoms with Gasteiger partial charge in [-0.1, -0.05) is 26.8 Å². The van der Waals surface area contributed by atoms with Gasteiger partial charge in [-0.15, -0.1) is 0 Å². The summed E-state index contributed by atoms with van der Waals surface area (Å²) in [6, 6.07) is 4.33. The summed E-state index contributed by atoms with van der Waals surface area (Å²) in [7, 11) is -2.22. The molecule has 2 N–H and O–H groups in total. The fourth-order valence-corrected chi connectivity index (χ4v) is 6.14. The van der Waals surface area contributed by atoms with E-state index in [0.29, 0.717) is 19.4 Å². The van der Waals surface area contributed by atoms with Crippen molar-refractivity contribution in [1.82, 2.24) is 15.1 Å². The van der Waals surface area contributed by atoms with Gasteiger partial charge in [0.15, 0.2) is 9.84 Å². The van der Waals surface area contributed by atoms with Gasteiger partial charge in [0.25, 0.3) is 5.91 Å². The molecule has 1 fully saturated rings. The second-order valence-electron chi connectivity index (χ2n) is 10.6. The molecule has 3 amide bonds. The Morgan fingerprint density at radius 2 is 1.94 bits per heavy atom. The molecule has 0 aromatic heterocycles. The maximum Gasteiger partial charge on any atom is 0.253 e. The molecule has 0 unspecified atom stereocenters. The Balaban J connectivity index is 1.95. The van der Waals surface area contributed by atoms with Crippen molar-refractivity contribution in [2.75, 3.05) is 25.9 Å². The van der Waals surface area contributed by atoms with E-state index in [2.05, 4.69) is 5.32 Å². The molecule has 2 bridgehead atoms. The Morgan fingerprint density at radius 1 is 1.24 bits per heavy atom. The number of hydrogen-bond acceptors (Lipinski definition) is 6. The van der Waals surface area contributed by atoms with Gasteiger partial charge >= 0.3 is 0 Å². The van der Waals surface area contributed by atoms with E-state index < -0.39 is 33.9 Å². The van der Waals surface area contributed by atoms with Gasteiger partial charge < -0.3 is 20.2 Å². The summed E-state index contributed by atoms with van der Waals surface area (Å²) in [4.78, 5) is 41.9. The Labute approximate surface area is 201 Å². The number of benzene rings is 1. The Kier molecular flexibility index (Phi) is 7.72. The first-order valence-corrected chi connectivity index (χ1v) is 13.3. The molecule has 1 aromatic rings. The zero-order valence-electron chi connectivity index (χ0n) is 20.3. The lowest BCUT2D eigenvalue weighted by Gasteiger charge is -2.30. The van der Waals surface area contributed by atoms with Crippen LogP contribution >= 0.6 is 0 Å². The number of amides is 3. The lowest BCUT2D eigenvalue weighted by molar-refractivity contribution is -0.137. The molecule has 0 spiro atoms. The van der Waals surface area contributed by atoms with Crippen LogP contribution in [0.1, 0.15) is 56.8 Å². The van der Waals surface area contributed by atoms with E-state index in [1.54, 1.807) is 13.1 Å². The van der Waals surface area contributed by atoms with Crippen molar-refractivity contribution in [2.45, 2.75) is 69.5 Å². The van der Waals surface area contributed by atoms with E-state index >= 15 is 0 Å². The predicted molar refractivity (Wildman–Crippen MR) is 127 cm³/mol. The Bertz CT molecular complexity index is 1050. The molecule has 0 radical (unpaired) electrons. The van der Waals surface area contributed by atoms with E-state index in [4.69, 9.17) is 0 Å². The van der Waals surface area contributed by atoms with Crippen LogP contribution in [0.3, 0.4) is 0 Å². The highest BCUT2D eigenvalue weighted by Crippen LogP contribution is 2.26. The van der Waals surface area contributed by atoms with Crippen LogP contribution in [0.2, 0.25) is 0 Å². The lowest BCUT2D eigenvalue weighted by Crippen LogP contribution is -2.52. The molecule has 10 heteroatoms. The lowest BCUT2D eigenvalue weighted by atomic mass is 9.91. The van der Waals surface area contributed by atoms with Crippen LogP contribution in [0, 0.1) is 5.41 Å². The molecule has 2 aliphatic heterocycles. The normalized spacial score (nSPS) is 26.1. The smallest absolute Gasteiger partial charge is 0.253 e. The third kappa shape index (κ3) is 6.35. The van der Waals surface area contributed by atoms with Crippen LogP contribution in [0.5, 0.6) is 0 Å². The minimum Gasteiger partial charge on any atom is -0.391 e. The topological polar surface area (TPSA) is 124 Å². The van der Waals surface area contributed by atoms with Crippen molar-refractivity contribution >= 4 is 27.6 Å². The average molecular weight is 494 g/mol. The van der Waals surface area contributed by atoms with E-state index in [-0.39, 0.29) is 52.8 Å². The fourth-order valence-electron chi connectivity index (χ4n) is 4.53. The zero-order valence-corrected chi connectivity index (χ0v) is 21.1. The van der Waals surface area contributed by atoms with Gasteiger partial charge in [0.2, 0.25) is 11.8 Å². The molecule has 0 aliphatic carbocycles. The van der Waals surface area contributed by atoms with Gasteiger partial charge in [-0.2, -0.15) is 0 Å². The first-order valence-electron chi connectivity index (χ1n) is 11.6. The van der Waals surface area contributed by atoms with Gasteiger partial charge in [-0.05, 0) is 42.9 Å². The number of aliphatic hydroxyl groups is 1. The Hall–Kier alpha value is -2.46. The van der Waals surface area contributed by atoms with Crippen LogP contribution in [-0.2, 0) is 19.4 Å². The molecule has 2 heterocycles. The van der Waals surface area contributed by atoms with Crippen molar-refractivity contribution in [3.63, 3.8) is 0 Å². The van der Waals surface area contributed by atoms with Crippen molar-refractivity contribution in [1.29, 1.82) is 0 Å². The number of carbonyl (C=O) groups is 3. The van der Waals surface area contributed by atoms with Crippen molar-refractivity contribution in [2.24, 2.45) is 5.41 Å². The van der Waals surface area contributed by atoms with Gasteiger partial charge in [-0.3, -0.25) is 14.4 Å². The minimum atomic E-state index is -3.84. The summed E-state index contributed by atoms with van der Waals surface area (Å²) in [5.41, 5.74) is 0.00387. The van der Waals surface area contributed by atoms with E-state index in [0.717, 1.165) is 0 Å². The van der Waals surface area contributed by atoms with Gasteiger partial charge in [-0.25, -0.2) is 8.42 Å². The maximum absolute atomic E-state index is 13.5. The van der Waals surface area contributed by atoms with E-state index in [9.17, 15) is 27.9 Å². The van der Waals surface area contributed by atoms with Crippen LogP contribution in [0.4, 0.5) is 0 Å². The number of nitrogens with zero attached hydrogens (tertiary/aromatic N) is 2.